The minimum absolute atomic E-state index is 0.00292. The number of hydrogen-bond donors (Lipinski definition) is 1. The minimum atomic E-state index is -0.961. The molecule has 250 valence electrons. The van der Waals surface area contributed by atoms with E-state index < -0.39 is 23.3 Å². The summed E-state index contributed by atoms with van der Waals surface area (Å²) in [7, 11) is 1.81. The predicted octanol–water partition coefficient (Wildman–Crippen LogP) is 6.46. The van der Waals surface area contributed by atoms with Gasteiger partial charge < -0.3 is 20.3 Å². The molecule has 2 N–H and O–H groups in total. The van der Waals surface area contributed by atoms with Gasteiger partial charge in [0.05, 0.1) is 26.9 Å². The lowest BCUT2D eigenvalue weighted by Gasteiger charge is -2.33. The van der Waals surface area contributed by atoms with Crippen LogP contribution in [-0.2, 0) is 4.79 Å². The van der Waals surface area contributed by atoms with E-state index in [0.29, 0.717) is 37.1 Å². The largest absolute Gasteiger partial charge is 0.461 e. The van der Waals surface area contributed by atoms with Crippen molar-refractivity contribution in [1.29, 1.82) is 5.26 Å². The number of carbonyl (C=O) groups excluding carboxylic acids is 1. The summed E-state index contributed by atoms with van der Waals surface area (Å²) in [5, 5.41) is 10.4. The zero-order chi connectivity index (χ0) is 34.1. The van der Waals surface area contributed by atoms with Crippen LogP contribution in [0.25, 0.3) is 32.1 Å². The van der Waals surface area contributed by atoms with Gasteiger partial charge in [-0.2, -0.15) is 15.2 Å². The second-order valence-corrected chi connectivity index (χ2v) is 14.3. The molecule has 0 bridgehead atoms. The highest BCUT2D eigenvalue weighted by Crippen LogP contribution is 2.46. The van der Waals surface area contributed by atoms with Gasteiger partial charge in [-0.1, -0.05) is 24.2 Å². The highest BCUT2D eigenvalue weighted by molar-refractivity contribution is 7.23. The van der Waals surface area contributed by atoms with E-state index in [4.69, 9.17) is 27.1 Å². The number of hydrogen-bond acceptors (Lipinski definition) is 9. The van der Waals surface area contributed by atoms with Crippen molar-refractivity contribution in [2.45, 2.75) is 56.4 Å². The number of benzene rings is 2. The number of nitrogens with zero attached hydrogens (tertiary/aromatic N) is 6. The lowest BCUT2D eigenvalue weighted by molar-refractivity contribution is -0.126. The molecule has 48 heavy (non-hydrogen) atoms. The molecule has 0 unspecified atom stereocenters. The van der Waals surface area contributed by atoms with Crippen molar-refractivity contribution in [2.24, 2.45) is 0 Å². The quantitative estimate of drug-likeness (QED) is 0.219. The van der Waals surface area contributed by atoms with Gasteiger partial charge >= 0.3 is 6.01 Å². The van der Waals surface area contributed by atoms with Crippen LogP contribution in [-0.4, -0.2) is 82.8 Å². The standard InChI is InChI=1S/C34H33ClF3N7O2S/c1-4-25(46)45-11-8-24(17(45)2)43(3)32-20-12-22(35)27(19-6-7-23(37)30-26(19)21(14-39)31(40)48-30)28(38)29(20)41-33(42-32)47-16-34-9-5-10-44(34)15-18(36)13-34/h4,6-7,12,17-18,24H,1,5,8-11,13,15-16,40H2,2-3H3/t17-,18+,24-,34-/m0/s1. The van der Waals surface area contributed by atoms with Gasteiger partial charge in [-0.3, -0.25) is 9.69 Å². The summed E-state index contributed by atoms with van der Waals surface area (Å²) < 4.78 is 52.8. The minimum Gasteiger partial charge on any atom is -0.461 e. The number of alkyl halides is 1. The summed E-state index contributed by atoms with van der Waals surface area (Å²) in [6, 6.07) is 5.62. The number of nitrogens with two attached hydrogens (primary N) is 1. The SMILES string of the molecule is C=CC(=O)N1CC[C@H](N(C)c2nc(OC[C@@]34CCCN3C[C@H](F)C4)nc3c(F)c(-c4ccc(F)c5sc(N)c(C#N)c45)c(Cl)cc23)[C@@H]1C. The lowest BCUT2D eigenvalue weighted by Crippen LogP contribution is -2.44. The summed E-state index contributed by atoms with van der Waals surface area (Å²) >= 11 is 7.74. The van der Waals surface area contributed by atoms with Crippen LogP contribution in [0.2, 0.25) is 5.02 Å². The van der Waals surface area contributed by atoms with Crippen molar-refractivity contribution in [3.8, 4) is 23.2 Å². The van der Waals surface area contributed by atoms with E-state index in [1.165, 1.54) is 18.2 Å². The van der Waals surface area contributed by atoms with Crippen molar-refractivity contribution in [1.82, 2.24) is 19.8 Å². The maximum Gasteiger partial charge on any atom is 0.319 e. The molecule has 2 aromatic carbocycles. The van der Waals surface area contributed by atoms with Crippen LogP contribution < -0.4 is 15.4 Å². The van der Waals surface area contributed by atoms with Crippen molar-refractivity contribution in [3.05, 3.63) is 53.1 Å². The third-order valence-electron chi connectivity index (χ3n) is 10.3. The molecule has 14 heteroatoms. The van der Waals surface area contributed by atoms with Gasteiger partial charge in [0.15, 0.2) is 5.82 Å². The Hall–Kier alpha value is -4.12. The first-order valence-corrected chi connectivity index (χ1v) is 17.0. The van der Waals surface area contributed by atoms with Crippen LogP contribution in [0.5, 0.6) is 6.01 Å². The van der Waals surface area contributed by atoms with Crippen LogP contribution in [0.3, 0.4) is 0 Å². The fourth-order valence-electron chi connectivity index (χ4n) is 7.92. The van der Waals surface area contributed by atoms with Crippen LogP contribution in [0.4, 0.5) is 24.0 Å². The Bertz CT molecular complexity index is 2040. The van der Waals surface area contributed by atoms with Crippen LogP contribution >= 0.6 is 22.9 Å². The molecule has 0 aliphatic carbocycles. The fraction of sp³-hybridized carbons (Fsp3) is 0.412. The molecule has 9 nitrogen and oxygen atoms in total. The number of likely N-dealkylation sites (tertiary alicyclic amines) is 1. The normalized spacial score (nSPS) is 23.9. The highest BCUT2D eigenvalue weighted by Gasteiger charge is 2.49. The number of nitriles is 1. The Labute approximate surface area is 284 Å². The molecule has 0 radical (unpaired) electrons. The van der Waals surface area contributed by atoms with Gasteiger partial charge in [0.2, 0.25) is 5.91 Å². The van der Waals surface area contributed by atoms with E-state index >= 15 is 4.39 Å². The predicted molar refractivity (Wildman–Crippen MR) is 181 cm³/mol. The van der Waals surface area contributed by atoms with Gasteiger partial charge in [-0.05, 0) is 56.5 Å². The van der Waals surface area contributed by atoms with Gasteiger partial charge in [0, 0.05) is 48.9 Å². The molecule has 3 fully saturated rings. The first-order chi connectivity index (χ1) is 23.0. The zero-order valence-electron chi connectivity index (χ0n) is 26.4. The van der Waals surface area contributed by atoms with E-state index in [9.17, 15) is 18.8 Å². The Balaban J connectivity index is 1.38. The fourth-order valence-corrected chi connectivity index (χ4v) is 9.17. The Kier molecular flexibility index (Phi) is 8.17. The van der Waals surface area contributed by atoms with Crippen molar-refractivity contribution >= 4 is 60.7 Å². The number of amides is 1. The number of likely N-dealkylation sites (N-methyl/N-ethyl adjacent to an activating group) is 1. The molecule has 3 saturated heterocycles. The number of ether oxygens (including phenoxy) is 1. The second-order valence-electron chi connectivity index (χ2n) is 12.8. The van der Waals surface area contributed by atoms with Gasteiger partial charge in [0.25, 0.3) is 0 Å². The first kappa shape index (κ1) is 32.4. The van der Waals surface area contributed by atoms with Gasteiger partial charge in [-0.15, -0.1) is 11.3 Å². The third-order valence-corrected chi connectivity index (χ3v) is 11.6. The molecule has 7 rings (SSSR count). The number of fused-ring (bicyclic) bond motifs is 3. The summed E-state index contributed by atoms with van der Waals surface area (Å²) in [6.45, 7) is 7.30. The summed E-state index contributed by atoms with van der Waals surface area (Å²) in [6.07, 6.45) is 2.96. The first-order valence-electron chi connectivity index (χ1n) is 15.8. The van der Waals surface area contributed by atoms with Crippen molar-refractivity contribution in [3.63, 3.8) is 0 Å². The molecule has 4 aromatic rings. The Morgan fingerprint density at radius 3 is 2.90 bits per heavy atom. The summed E-state index contributed by atoms with van der Waals surface area (Å²) in [5.74, 6) is -1.25. The lowest BCUT2D eigenvalue weighted by atomic mass is 9.95. The second kappa shape index (κ2) is 12.1. The molecule has 2 aromatic heterocycles. The smallest absolute Gasteiger partial charge is 0.319 e. The van der Waals surface area contributed by atoms with E-state index in [-0.39, 0.29) is 72.9 Å². The molecule has 0 saturated carbocycles. The zero-order valence-corrected chi connectivity index (χ0v) is 28.0. The number of nitrogen functional groups attached to an aromatic ring is 1. The number of carbonyl (C=O) groups is 1. The van der Waals surface area contributed by atoms with Crippen molar-refractivity contribution in [2.75, 3.05) is 43.9 Å². The molecule has 3 aliphatic rings. The number of aromatic nitrogens is 2. The highest BCUT2D eigenvalue weighted by atomic mass is 35.5. The van der Waals surface area contributed by atoms with Gasteiger partial charge in [0.1, 0.15) is 41.0 Å². The van der Waals surface area contributed by atoms with Crippen LogP contribution in [0.1, 0.15) is 38.2 Å². The average molecular weight is 696 g/mol. The van der Waals surface area contributed by atoms with E-state index in [1.807, 2.05) is 24.9 Å². The Morgan fingerprint density at radius 2 is 2.15 bits per heavy atom. The van der Waals surface area contributed by atoms with Gasteiger partial charge in [-0.25, -0.2) is 13.2 Å². The van der Waals surface area contributed by atoms with E-state index in [1.54, 1.807) is 11.0 Å². The topological polar surface area (TPSA) is 112 Å². The molecular weight excluding hydrogens is 663 g/mol. The summed E-state index contributed by atoms with van der Waals surface area (Å²) in [5.41, 5.74) is 5.62. The average Bonchev–Trinajstić information content (AvgIpc) is 3.81. The van der Waals surface area contributed by atoms with Crippen LogP contribution in [0.15, 0.2) is 30.9 Å². The molecule has 5 heterocycles. The third kappa shape index (κ3) is 5.04. The number of anilines is 2. The molecule has 0 spiro atoms. The maximum atomic E-state index is 17.0. The van der Waals surface area contributed by atoms with Crippen LogP contribution in [0, 0.1) is 23.0 Å². The number of rotatable bonds is 7. The molecule has 4 atom stereocenters. The number of thiophene rings is 1. The monoisotopic (exact) mass is 695 g/mol. The number of halogens is 4. The summed E-state index contributed by atoms with van der Waals surface area (Å²) in [4.78, 5) is 27.5. The van der Waals surface area contributed by atoms with E-state index in [2.05, 4.69) is 16.5 Å². The van der Waals surface area contributed by atoms with Crippen molar-refractivity contribution < 1.29 is 22.7 Å². The molecular formula is C34H33ClF3N7O2S. The Morgan fingerprint density at radius 1 is 1.35 bits per heavy atom. The van der Waals surface area contributed by atoms with E-state index in [0.717, 1.165) is 30.7 Å². The molecule has 1 amide bonds. The molecule has 3 aliphatic heterocycles. The maximum absolute atomic E-state index is 17.0.